The number of aliphatic imine (C=N–C) groups is 1. The third-order valence-corrected chi connectivity index (χ3v) is 8.87. The van der Waals surface area contributed by atoms with Gasteiger partial charge in [-0.3, -0.25) is 0 Å². The van der Waals surface area contributed by atoms with Gasteiger partial charge in [-0.1, -0.05) is 72.6 Å². The molecule has 1 aliphatic rings. The van der Waals surface area contributed by atoms with E-state index >= 15 is 0 Å². The summed E-state index contributed by atoms with van der Waals surface area (Å²) in [5.74, 6) is 0.996. The zero-order valence-electron chi connectivity index (χ0n) is 22.5. The van der Waals surface area contributed by atoms with E-state index in [-0.39, 0.29) is 0 Å². The Kier molecular flexibility index (Phi) is 14.9. The third kappa shape index (κ3) is 11.4. The van der Waals surface area contributed by atoms with Gasteiger partial charge >= 0.3 is 41.5 Å². The Morgan fingerprint density at radius 1 is 0.946 bits per heavy atom. The van der Waals surface area contributed by atoms with Crippen LogP contribution in [-0.4, -0.2) is 23.8 Å². The topological polar surface area (TPSA) is 33.6 Å². The number of nitrogens with one attached hydrogen (secondary N) is 1. The molecule has 0 unspecified atom stereocenters. The van der Waals surface area contributed by atoms with Gasteiger partial charge in [0.15, 0.2) is 5.84 Å². The molecule has 0 amide bonds. The molecule has 1 N–H and O–H groups in total. The average molecular weight is 621 g/mol. The van der Waals surface area contributed by atoms with E-state index in [0.29, 0.717) is 11.3 Å². The van der Waals surface area contributed by atoms with Gasteiger partial charge < -0.3 is 4.74 Å². The van der Waals surface area contributed by atoms with E-state index in [2.05, 4.69) is 107 Å². The molecule has 8 heteroatoms. The number of nitrogens with zero attached hydrogens (tertiary/aromatic N) is 1. The molecule has 0 bridgehead atoms. The summed E-state index contributed by atoms with van der Waals surface area (Å²) in [5, 5.41) is 6.32. The summed E-state index contributed by atoms with van der Waals surface area (Å²) in [6.07, 6.45) is 2.38. The van der Waals surface area contributed by atoms with Crippen LogP contribution in [0.4, 0.5) is 5.69 Å². The van der Waals surface area contributed by atoms with Crippen molar-refractivity contribution in [1.82, 2.24) is 5.09 Å². The van der Waals surface area contributed by atoms with Crippen molar-refractivity contribution in [2.75, 3.05) is 6.61 Å². The van der Waals surface area contributed by atoms with Crippen LogP contribution in [0, 0.1) is 20.5 Å². The number of hydrogen-bond acceptors (Lipinski definition) is 2. The van der Waals surface area contributed by atoms with E-state index in [1.165, 1.54) is 28.3 Å². The summed E-state index contributed by atoms with van der Waals surface area (Å²) in [5.41, 5.74) is 5.93. The predicted octanol–water partition coefficient (Wildman–Crippen LogP) is 10.1. The molecule has 1 heterocycles. The SMILES string of the molecule is Cc1ccc(C(=Nc2c(C)ccc3ccccc23)N[PH+](C(C)C)C(C)C)cc1.[CH-]1CCCO1.[Cl][Cr+]([Cl])[Cl]. The Morgan fingerprint density at radius 2 is 1.57 bits per heavy atom. The van der Waals surface area contributed by atoms with E-state index in [9.17, 15) is 0 Å². The van der Waals surface area contributed by atoms with Crippen molar-refractivity contribution in [3.05, 3.63) is 84.0 Å². The molecule has 37 heavy (non-hydrogen) atoms. The van der Waals surface area contributed by atoms with Crippen LogP contribution in [0.1, 0.15) is 57.2 Å². The number of amidine groups is 1. The first kappa shape index (κ1) is 32.4. The molecule has 202 valence electrons. The monoisotopic (exact) mass is 619 g/mol. The van der Waals surface area contributed by atoms with Crippen LogP contribution in [-0.2, 0) is 16.1 Å². The van der Waals surface area contributed by atoms with E-state index in [0.717, 1.165) is 30.1 Å². The average Bonchev–Trinajstić information content (AvgIpc) is 3.43. The predicted molar refractivity (Wildman–Crippen MR) is 165 cm³/mol. The first-order valence-corrected chi connectivity index (χ1v) is 19.5. The van der Waals surface area contributed by atoms with Gasteiger partial charge in [0.2, 0.25) is 0 Å². The number of ether oxygens (including phenoxy) is 1. The van der Waals surface area contributed by atoms with Crippen LogP contribution < -0.4 is 5.09 Å². The normalized spacial score (nSPS) is 13.6. The summed E-state index contributed by atoms with van der Waals surface area (Å²) in [6, 6.07) is 21.6. The molecule has 0 saturated carbocycles. The van der Waals surface area contributed by atoms with Crippen LogP contribution in [0.2, 0.25) is 0 Å². The maximum atomic E-state index is 5.22. The second-order valence-corrected chi connectivity index (χ2v) is 19.3. The van der Waals surface area contributed by atoms with Gasteiger partial charge in [0.1, 0.15) is 0 Å². The number of aryl methyl sites for hydroxylation is 2. The Balaban J connectivity index is 0.000000454. The summed E-state index contributed by atoms with van der Waals surface area (Å²) < 4.78 is 4.82. The van der Waals surface area contributed by atoms with Crippen molar-refractivity contribution in [1.29, 1.82) is 0 Å². The molecule has 0 atom stereocenters. The second kappa shape index (κ2) is 17.0. The van der Waals surface area contributed by atoms with E-state index in [4.69, 9.17) is 39.9 Å². The van der Waals surface area contributed by atoms with Crippen molar-refractivity contribution in [3.8, 4) is 0 Å². The van der Waals surface area contributed by atoms with Crippen LogP contribution in [0.25, 0.3) is 10.8 Å². The number of fused-ring (bicyclic) bond motifs is 1. The number of hydrogen-bond donors (Lipinski definition) is 1. The molecule has 0 radical (unpaired) electrons. The molecule has 3 nitrogen and oxygen atoms in total. The fourth-order valence-corrected chi connectivity index (χ4v) is 6.39. The van der Waals surface area contributed by atoms with E-state index in [1.54, 1.807) is 0 Å². The quantitative estimate of drug-likeness (QED) is 0.133. The fourth-order valence-electron chi connectivity index (χ4n) is 4.01. The second-order valence-electron chi connectivity index (χ2n) is 9.52. The van der Waals surface area contributed by atoms with Gasteiger partial charge in [0, 0.05) is 17.6 Å². The number of benzene rings is 3. The molecule has 3 aromatic rings. The number of halogens is 3. The van der Waals surface area contributed by atoms with Gasteiger partial charge in [-0.15, -0.1) is 0 Å². The Hall–Kier alpha value is -0.818. The molecule has 0 spiro atoms. The van der Waals surface area contributed by atoms with Gasteiger partial charge in [0.05, 0.1) is 25.1 Å². The maximum absolute atomic E-state index is 5.22. The van der Waals surface area contributed by atoms with Crippen LogP contribution in [0.3, 0.4) is 0 Å². The molecule has 4 rings (SSSR count). The minimum atomic E-state index is -1.62. The summed E-state index contributed by atoms with van der Waals surface area (Å²) in [6.45, 7) is 16.3. The summed E-state index contributed by atoms with van der Waals surface area (Å²) in [4.78, 5) is 5.22. The minimum absolute atomic E-state index is 0.620. The molecular formula is C29H39Cl3CrN2OP+. The molecule has 1 aliphatic heterocycles. The van der Waals surface area contributed by atoms with Gasteiger partial charge in [-0.2, -0.15) is 6.42 Å². The first-order valence-electron chi connectivity index (χ1n) is 12.5. The van der Waals surface area contributed by atoms with Crippen molar-refractivity contribution in [2.24, 2.45) is 4.99 Å². The molecule has 3 aromatic carbocycles. The van der Waals surface area contributed by atoms with Crippen molar-refractivity contribution in [2.45, 2.75) is 65.7 Å². The first-order chi connectivity index (χ1) is 17.6. The van der Waals surface area contributed by atoms with E-state index in [1.807, 2.05) is 6.61 Å². The Morgan fingerprint density at radius 3 is 2.08 bits per heavy atom. The van der Waals surface area contributed by atoms with Gasteiger partial charge in [0.25, 0.3) is 0 Å². The zero-order valence-corrected chi connectivity index (χ0v) is 27.1. The molecule has 0 aliphatic carbocycles. The van der Waals surface area contributed by atoms with Gasteiger partial charge in [-0.25, -0.2) is 16.7 Å². The molecule has 1 saturated heterocycles. The molecule has 1 fully saturated rings. The molecular weight excluding hydrogens is 582 g/mol. The van der Waals surface area contributed by atoms with Crippen LogP contribution >= 0.6 is 38.2 Å². The summed E-state index contributed by atoms with van der Waals surface area (Å²) in [7, 11) is 14.0. The van der Waals surface area contributed by atoms with E-state index < -0.39 is 19.5 Å². The zero-order chi connectivity index (χ0) is 27.4. The molecule has 0 aromatic heterocycles. The van der Waals surface area contributed by atoms with Crippen molar-refractivity contribution >= 4 is 60.5 Å². The van der Waals surface area contributed by atoms with Crippen molar-refractivity contribution in [3.63, 3.8) is 0 Å². The van der Waals surface area contributed by atoms with Crippen molar-refractivity contribution < 1.29 is 16.1 Å². The summed E-state index contributed by atoms with van der Waals surface area (Å²) >= 11 is -1.62. The fraction of sp³-hybridized carbons (Fsp3) is 0.379. The number of rotatable bonds is 5. The third-order valence-electron chi connectivity index (χ3n) is 5.86. The van der Waals surface area contributed by atoms with Gasteiger partial charge in [-0.05, 0) is 52.5 Å². The van der Waals surface area contributed by atoms with Crippen LogP contribution in [0.15, 0.2) is 65.7 Å². The Bertz CT molecular complexity index is 1100. The standard InChI is InChI=1S/C25H31N2P.C4H7O.3ClH.Cr/c1-17(2)28(18(3)4)27-25(22-14-11-19(5)12-15-22)26-24-20(6)13-16-21-9-7-8-10-23(21)24;1-2-4-5-3-1;;;;/h7-18H,1-6H3,(H,26,27);3H,1-2,4H2;3*1H;/q;-1;;;;+4/p-2. The van der Waals surface area contributed by atoms with Crippen LogP contribution in [0.5, 0.6) is 0 Å². The Labute approximate surface area is 241 Å².